The number of carbonyl (C=O) groups is 3. The van der Waals surface area contributed by atoms with Crippen LogP contribution in [-0.2, 0) is 14.3 Å². The number of ether oxygens (including phenoxy) is 1. The number of amides is 3. The highest BCUT2D eigenvalue weighted by molar-refractivity contribution is 6.00. The number of nitrogens with one attached hydrogen (secondary N) is 2. The number of alkyl carbamates (subject to hydrolysis) is 1. The van der Waals surface area contributed by atoms with Crippen LogP contribution in [-0.4, -0.2) is 41.5 Å². The number of hydrogen-bond donors (Lipinski definition) is 2. The highest BCUT2D eigenvalue weighted by Gasteiger charge is 2.32. The summed E-state index contributed by atoms with van der Waals surface area (Å²) in [6, 6.07) is 18.4. The van der Waals surface area contributed by atoms with E-state index in [0.717, 1.165) is 10.8 Å². The largest absolute Gasteiger partial charge is 0.444 e. The van der Waals surface area contributed by atoms with Gasteiger partial charge in [-0.05, 0) is 68.3 Å². The first kappa shape index (κ1) is 26.3. The molecule has 2 unspecified atom stereocenters. The Morgan fingerprint density at radius 2 is 1.61 bits per heavy atom. The van der Waals surface area contributed by atoms with Crippen molar-refractivity contribution < 1.29 is 19.1 Å². The van der Waals surface area contributed by atoms with Gasteiger partial charge in [0.25, 0.3) is 5.91 Å². The molecule has 0 aromatic heterocycles. The van der Waals surface area contributed by atoms with Crippen molar-refractivity contribution in [2.75, 3.05) is 12.4 Å². The molecule has 0 fully saturated rings. The standard InChI is InChI=1S/C29H31N3O4/c1-7-20-12-14-22(15-13-20)25(32(6)27(34)19(2)30-28(35)36-29(3,4)5)26(33)31-24-17-16-21-10-8-9-11-23(21)18-24/h1,8-19,25H,2-6H3,(H,30,35)(H,31,33). The van der Waals surface area contributed by atoms with E-state index in [0.29, 0.717) is 16.8 Å². The van der Waals surface area contributed by atoms with Crippen molar-refractivity contribution in [3.05, 3.63) is 77.9 Å². The van der Waals surface area contributed by atoms with Gasteiger partial charge >= 0.3 is 6.09 Å². The van der Waals surface area contributed by atoms with Crippen LogP contribution in [0.2, 0.25) is 0 Å². The molecule has 0 saturated heterocycles. The van der Waals surface area contributed by atoms with Crippen molar-refractivity contribution >= 4 is 34.4 Å². The third-order valence-electron chi connectivity index (χ3n) is 5.50. The normalized spacial score (nSPS) is 12.7. The topological polar surface area (TPSA) is 87.7 Å². The number of carbonyl (C=O) groups excluding carboxylic acids is 3. The zero-order valence-electron chi connectivity index (χ0n) is 21.2. The third kappa shape index (κ3) is 6.63. The van der Waals surface area contributed by atoms with Gasteiger partial charge in [0.2, 0.25) is 5.91 Å². The van der Waals surface area contributed by atoms with E-state index in [1.165, 1.54) is 11.9 Å². The molecular formula is C29H31N3O4. The van der Waals surface area contributed by atoms with Crippen LogP contribution in [0.4, 0.5) is 10.5 Å². The number of anilines is 1. The first-order valence-electron chi connectivity index (χ1n) is 11.6. The Morgan fingerprint density at radius 3 is 2.22 bits per heavy atom. The Kier molecular flexibility index (Phi) is 8.00. The Balaban J connectivity index is 1.86. The molecule has 7 heteroatoms. The number of rotatable bonds is 6. The molecule has 7 nitrogen and oxygen atoms in total. The molecule has 0 bridgehead atoms. The fourth-order valence-electron chi connectivity index (χ4n) is 3.77. The Bertz CT molecular complexity index is 1300. The average molecular weight is 486 g/mol. The van der Waals surface area contributed by atoms with Gasteiger partial charge in [0.1, 0.15) is 17.7 Å². The van der Waals surface area contributed by atoms with Crippen LogP contribution in [0.5, 0.6) is 0 Å². The lowest BCUT2D eigenvalue weighted by atomic mass is 10.0. The maximum atomic E-state index is 13.5. The van der Waals surface area contributed by atoms with Gasteiger partial charge in [0.15, 0.2) is 0 Å². The summed E-state index contributed by atoms with van der Waals surface area (Å²) in [7, 11) is 1.52. The van der Waals surface area contributed by atoms with E-state index in [9.17, 15) is 14.4 Å². The highest BCUT2D eigenvalue weighted by atomic mass is 16.6. The van der Waals surface area contributed by atoms with Crippen LogP contribution in [0.3, 0.4) is 0 Å². The number of likely N-dealkylation sites (N-methyl/N-ethyl adjacent to an activating group) is 1. The van der Waals surface area contributed by atoms with E-state index in [-0.39, 0.29) is 0 Å². The molecule has 0 spiro atoms. The summed E-state index contributed by atoms with van der Waals surface area (Å²) in [5, 5.41) is 7.49. The summed E-state index contributed by atoms with van der Waals surface area (Å²) >= 11 is 0. The van der Waals surface area contributed by atoms with Gasteiger partial charge < -0.3 is 20.3 Å². The maximum absolute atomic E-state index is 13.5. The zero-order valence-corrected chi connectivity index (χ0v) is 21.2. The van der Waals surface area contributed by atoms with Crippen molar-refractivity contribution in [3.8, 4) is 12.3 Å². The predicted molar refractivity (Wildman–Crippen MR) is 141 cm³/mol. The highest BCUT2D eigenvalue weighted by Crippen LogP contribution is 2.25. The van der Waals surface area contributed by atoms with E-state index in [4.69, 9.17) is 11.2 Å². The van der Waals surface area contributed by atoms with Crippen molar-refractivity contribution in [1.82, 2.24) is 10.2 Å². The second-order valence-electron chi connectivity index (χ2n) is 9.54. The van der Waals surface area contributed by atoms with Crippen LogP contribution in [0, 0.1) is 12.3 Å². The molecule has 3 aromatic carbocycles. The molecule has 0 aliphatic carbocycles. The van der Waals surface area contributed by atoms with Gasteiger partial charge in [-0.3, -0.25) is 9.59 Å². The molecule has 36 heavy (non-hydrogen) atoms. The number of benzene rings is 3. The summed E-state index contributed by atoms with van der Waals surface area (Å²) in [5.41, 5.74) is 1.12. The molecular weight excluding hydrogens is 454 g/mol. The molecule has 3 amide bonds. The van der Waals surface area contributed by atoms with Crippen molar-refractivity contribution in [3.63, 3.8) is 0 Å². The van der Waals surface area contributed by atoms with Crippen molar-refractivity contribution in [2.24, 2.45) is 0 Å². The fraction of sp³-hybridized carbons (Fsp3) is 0.276. The summed E-state index contributed by atoms with van der Waals surface area (Å²) in [6.45, 7) is 6.75. The zero-order chi connectivity index (χ0) is 26.5. The van der Waals surface area contributed by atoms with Crippen LogP contribution < -0.4 is 10.6 Å². The SMILES string of the molecule is C#Cc1ccc(C(C(=O)Nc2ccc3ccccc3c2)N(C)C(=O)C(C)NC(=O)OC(C)(C)C)cc1. The lowest BCUT2D eigenvalue weighted by Gasteiger charge is -2.30. The van der Waals surface area contributed by atoms with Gasteiger partial charge in [-0.2, -0.15) is 0 Å². The Labute approximate surface area is 211 Å². The molecule has 2 atom stereocenters. The van der Waals surface area contributed by atoms with E-state index >= 15 is 0 Å². The van der Waals surface area contributed by atoms with E-state index in [2.05, 4.69) is 16.6 Å². The predicted octanol–water partition coefficient (Wildman–Crippen LogP) is 4.87. The molecule has 3 rings (SSSR count). The molecule has 2 N–H and O–H groups in total. The fourth-order valence-corrected chi connectivity index (χ4v) is 3.77. The number of hydrogen-bond acceptors (Lipinski definition) is 4. The molecule has 186 valence electrons. The molecule has 0 radical (unpaired) electrons. The van der Waals surface area contributed by atoms with Gasteiger partial charge in [-0.15, -0.1) is 6.42 Å². The summed E-state index contributed by atoms with van der Waals surface area (Å²) in [4.78, 5) is 40.3. The van der Waals surface area contributed by atoms with E-state index < -0.39 is 35.6 Å². The van der Waals surface area contributed by atoms with Crippen molar-refractivity contribution in [2.45, 2.75) is 45.4 Å². The van der Waals surface area contributed by atoms with Gasteiger partial charge in [0, 0.05) is 18.3 Å². The minimum absolute atomic E-state index is 0.404. The Morgan fingerprint density at radius 1 is 0.972 bits per heavy atom. The second kappa shape index (κ2) is 11.0. The summed E-state index contributed by atoms with van der Waals surface area (Å²) in [6.07, 6.45) is 4.76. The minimum atomic E-state index is -0.973. The quantitative estimate of drug-likeness (QED) is 0.488. The third-order valence-corrected chi connectivity index (χ3v) is 5.50. The lowest BCUT2D eigenvalue weighted by molar-refractivity contribution is -0.138. The first-order chi connectivity index (χ1) is 17.0. The second-order valence-corrected chi connectivity index (χ2v) is 9.54. The van der Waals surface area contributed by atoms with Crippen LogP contribution in [0.15, 0.2) is 66.7 Å². The molecule has 3 aromatic rings. The van der Waals surface area contributed by atoms with Crippen LogP contribution in [0.1, 0.15) is 44.9 Å². The average Bonchev–Trinajstić information content (AvgIpc) is 2.82. The summed E-state index contributed by atoms with van der Waals surface area (Å²) in [5.74, 6) is 1.69. The van der Waals surface area contributed by atoms with E-state index in [1.807, 2.05) is 42.5 Å². The van der Waals surface area contributed by atoms with Gasteiger partial charge in [-0.25, -0.2) is 4.79 Å². The number of fused-ring (bicyclic) bond motifs is 1. The number of nitrogens with zero attached hydrogens (tertiary/aromatic N) is 1. The minimum Gasteiger partial charge on any atom is -0.444 e. The van der Waals surface area contributed by atoms with E-state index in [1.54, 1.807) is 52.0 Å². The van der Waals surface area contributed by atoms with Gasteiger partial charge in [0.05, 0.1) is 0 Å². The van der Waals surface area contributed by atoms with Gasteiger partial charge in [-0.1, -0.05) is 48.4 Å². The molecule has 0 heterocycles. The van der Waals surface area contributed by atoms with Crippen LogP contribution >= 0.6 is 0 Å². The van der Waals surface area contributed by atoms with Crippen LogP contribution in [0.25, 0.3) is 10.8 Å². The number of terminal acetylenes is 1. The summed E-state index contributed by atoms with van der Waals surface area (Å²) < 4.78 is 5.25. The Hall–Kier alpha value is -4.31. The molecule has 0 aliphatic heterocycles. The van der Waals surface area contributed by atoms with Crippen molar-refractivity contribution in [1.29, 1.82) is 0 Å². The monoisotopic (exact) mass is 485 g/mol. The molecule has 0 saturated carbocycles. The lowest BCUT2D eigenvalue weighted by Crippen LogP contribution is -2.49. The first-order valence-corrected chi connectivity index (χ1v) is 11.6. The smallest absolute Gasteiger partial charge is 0.408 e. The molecule has 0 aliphatic rings. The maximum Gasteiger partial charge on any atom is 0.408 e.